The molecule has 0 aliphatic rings. The highest BCUT2D eigenvalue weighted by Gasteiger charge is 2.28. The second-order valence-electron chi connectivity index (χ2n) is 3.79. The Balaban J connectivity index is 4.04. The molecule has 2 atom stereocenters. The van der Waals surface area contributed by atoms with Crippen molar-refractivity contribution in [2.75, 3.05) is 0 Å². The number of hydrogen-bond acceptors (Lipinski definition) is 2. The zero-order valence-corrected chi connectivity index (χ0v) is 7.33. The number of aliphatic hydroxyl groups excluding tert-OH is 2. The van der Waals surface area contributed by atoms with E-state index >= 15 is 0 Å². The predicted molar refractivity (Wildman–Crippen MR) is 44.9 cm³/mol. The van der Waals surface area contributed by atoms with E-state index in [1.807, 2.05) is 20.8 Å². The van der Waals surface area contributed by atoms with Crippen LogP contribution in [0.4, 0.5) is 0 Å². The van der Waals surface area contributed by atoms with Crippen molar-refractivity contribution >= 4 is 0 Å². The Morgan fingerprint density at radius 2 is 1.82 bits per heavy atom. The van der Waals surface area contributed by atoms with Crippen LogP contribution in [-0.4, -0.2) is 22.4 Å². The topological polar surface area (TPSA) is 40.5 Å². The molecule has 0 saturated heterocycles. The zero-order valence-electron chi connectivity index (χ0n) is 7.33. The minimum Gasteiger partial charge on any atom is -0.390 e. The zero-order chi connectivity index (χ0) is 9.07. The molecule has 2 N–H and O–H groups in total. The van der Waals surface area contributed by atoms with Gasteiger partial charge in [-0.05, 0) is 5.41 Å². The molecule has 2 heteroatoms. The van der Waals surface area contributed by atoms with Crippen molar-refractivity contribution in [3.05, 3.63) is 0 Å². The molecule has 0 aliphatic carbocycles. The first-order valence-electron chi connectivity index (χ1n) is 3.69. The molecule has 0 rings (SSSR count). The third kappa shape index (κ3) is 3.41. The van der Waals surface area contributed by atoms with E-state index in [1.165, 1.54) is 0 Å². The number of rotatable bonds is 2. The summed E-state index contributed by atoms with van der Waals surface area (Å²) in [5.74, 6) is 2.31. The smallest absolute Gasteiger partial charge is 0.0913 e. The Morgan fingerprint density at radius 3 is 2.09 bits per heavy atom. The summed E-state index contributed by atoms with van der Waals surface area (Å²) in [7, 11) is 0. The van der Waals surface area contributed by atoms with Gasteiger partial charge in [-0.15, -0.1) is 12.3 Å². The molecule has 0 aromatic rings. The van der Waals surface area contributed by atoms with Gasteiger partial charge in [0.2, 0.25) is 0 Å². The van der Waals surface area contributed by atoms with Gasteiger partial charge in [0, 0.05) is 6.42 Å². The van der Waals surface area contributed by atoms with Gasteiger partial charge in [-0.2, -0.15) is 0 Å². The average molecular weight is 156 g/mol. The summed E-state index contributed by atoms with van der Waals surface area (Å²) in [4.78, 5) is 0. The number of terminal acetylenes is 1. The van der Waals surface area contributed by atoms with Gasteiger partial charge >= 0.3 is 0 Å². The van der Waals surface area contributed by atoms with Gasteiger partial charge in [0.15, 0.2) is 0 Å². The lowest BCUT2D eigenvalue weighted by molar-refractivity contribution is -0.0413. The number of hydrogen-bond donors (Lipinski definition) is 2. The Labute approximate surface area is 68.2 Å². The summed E-state index contributed by atoms with van der Waals surface area (Å²) in [5, 5.41) is 18.7. The van der Waals surface area contributed by atoms with Crippen LogP contribution >= 0.6 is 0 Å². The monoisotopic (exact) mass is 156 g/mol. The lowest BCUT2D eigenvalue weighted by Gasteiger charge is -2.28. The van der Waals surface area contributed by atoms with E-state index in [0.717, 1.165) is 0 Å². The third-order valence-electron chi connectivity index (χ3n) is 1.58. The number of aliphatic hydroxyl groups is 2. The van der Waals surface area contributed by atoms with Crippen LogP contribution in [0.25, 0.3) is 0 Å². The summed E-state index contributed by atoms with van der Waals surface area (Å²) < 4.78 is 0. The van der Waals surface area contributed by atoms with Crippen LogP contribution in [0, 0.1) is 17.8 Å². The highest BCUT2D eigenvalue weighted by Crippen LogP contribution is 2.22. The van der Waals surface area contributed by atoms with Gasteiger partial charge in [0.05, 0.1) is 12.2 Å². The summed E-state index contributed by atoms with van der Waals surface area (Å²) in [6.07, 6.45) is 3.64. The fourth-order valence-electron chi connectivity index (χ4n) is 0.810. The Bertz CT molecular complexity index is 150. The molecule has 11 heavy (non-hydrogen) atoms. The average Bonchev–Trinajstić information content (AvgIpc) is 1.85. The molecule has 0 amide bonds. The standard InChI is InChI=1S/C9H16O2/c1-5-6-7(10)8(11)9(2,3)4/h1,7-8,10-11H,6H2,2-4H3. The van der Waals surface area contributed by atoms with Crippen molar-refractivity contribution in [1.29, 1.82) is 0 Å². The molecule has 0 radical (unpaired) electrons. The van der Waals surface area contributed by atoms with Crippen molar-refractivity contribution in [2.45, 2.75) is 39.4 Å². The molecule has 2 nitrogen and oxygen atoms in total. The van der Waals surface area contributed by atoms with Crippen molar-refractivity contribution < 1.29 is 10.2 Å². The predicted octanol–water partition coefficient (Wildman–Crippen LogP) is 0.778. The lowest BCUT2D eigenvalue weighted by Crippen LogP contribution is -2.37. The maximum atomic E-state index is 9.44. The molecule has 0 spiro atoms. The fraction of sp³-hybridized carbons (Fsp3) is 0.778. The van der Waals surface area contributed by atoms with Crippen LogP contribution in [0.15, 0.2) is 0 Å². The highest BCUT2D eigenvalue weighted by molar-refractivity contribution is 4.91. The van der Waals surface area contributed by atoms with E-state index in [0.29, 0.717) is 0 Å². The quantitative estimate of drug-likeness (QED) is 0.580. The first kappa shape index (κ1) is 10.5. The Hall–Kier alpha value is -0.520. The van der Waals surface area contributed by atoms with E-state index in [4.69, 9.17) is 6.42 Å². The van der Waals surface area contributed by atoms with Crippen molar-refractivity contribution in [3.8, 4) is 12.3 Å². The van der Waals surface area contributed by atoms with Crippen LogP contribution in [-0.2, 0) is 0 Å². The van der Waals surface area contributed by atoms with E-state index in [-0.39, 0.29) is 11.8 Å². The first-order valence-corrected chi connectivity index (χ1v) is 3.69. The lowest BCUT2D eigenvalue weighted by atomic mass is 9.85. The fourth-order valence-corrected chi connectivity index (χ4v) is 0.810. The van der Waals surface area contributed by atoms with E-state index in [9.17, 15) is 10.2 Å². The molecule has 2 unspecified atom stereocenters. The molecular weight excluding hydrogens is 140 g/mol. The van der Waals surface area contributed by atoms with Gasteiger partial charge < -0.3 is 10.2 Å². The first-order chi connectivity index (χ1) is 4.89. The molecule has 0 bridgehead atoms. The molecule has 0 fully saturated rings. The summed E-state index contributed by atoms with van der Waals surface area (Å²) in [5.41, 5.74) is -0.309. The maximum Gasteiger partial charge on any atom is 0.0913 e. The molecule has 0 aliphatic heterocycles. The van der Waals surface area contributed by atoms with Crippen LogP contribution in [0.2, 0.25) is 0 Å². The normalized spacial score (nSPS) is 17.1. The minimum absolute atomic E-state index is 0.207. The minimum atomic E-state index is -0.806. The summed E-state index contributed by atoms with van der Waals surface area (Å²) in [6, 6.07) is 0. The van der Waals surface area contributed by atoms with Gasteiger partial charge in [-0.25, -0.2) is 0 Å². The van der Waals surface area contributed by atoms with Crippen LogP contribution in [0.5, 0.6) is 0 Å². The maximum absolute atomic E-state index is 9.44. The van der Waals surface area contributed by atoms with Gasteiger partial charge in [-0.1, -0.05) is 20.8 Å². The Morgan fingerprint density at radius 1 is 1.36 bits per heavy atom. The molecule has 64 valence electrons. The third-order valence-corrected chi connectivity index (χ3v) is 1.58. The van der Waals surface area contributed by atoms with E-state index in [2.05, 4.69) is 5.92 Å². The van der Waals surface area contributed by atoms with Crippen LogP contribution < -0.4 is 0 Å². The van der Waals surface area contributed by atoms with E-state index < -0.39 is 12.2 Å². The highest BCUT2D eigenvalue weighted by atomic mass is 16.3. The summed E-state index contributed by atoms with van der Waals surface area (Å²) in [6.45, 7) is 5.58. The molecule has 0 aromatic carbocycles. The van der Waals surface area contributed by atoms with Crippen LogP contribution in [0.3, 0.4) is 0 Å². The molecule has 0 saturated carbocycles. The van der Waals surface area contributed by atoms with Crippen LogP contribution in [0.1, 0.15) is 27.2 Å². The second kappa shape index (κ2) is 3.75. The Kier molecular flexibility index (Phi) is 3.57. The largest absolute Gasteiger partial charge is 0.390 e. The molecule has 0 aromatic heterocycles. The molecular formula is C9H16O2. The summed E-state index contributed by atoms with van der Waals surface area (Å²) >= 11 is 0. The molecule has 0 heterocycles. The van der Waals surface area contributed by atoms with Crippen molar-refractivity contribution in [2.24, 2.45) is 5.41 Å². The second-order valence-corrected chi connectivity index (χ2v) is 3.79. The van der Waals surface area contributed by atoms with Gasteiger partial charge in [0.1, 0.15) is 0 Å². The van der Waals surface area contributed by atoms with Crippen molar-refractivity contribution in [3.63, 3.8) is 0 Å². The van der Waals surface area contributed by atoms with Crippen molar-refractivity contribution in [1.82, 2.24) is 0 Å². The SMILES string of the molecule is C#CCC(O)C(O)C(C)(C)C. The van der Waals surface area contributed by atoms with E-state index in [1.54, 1.807) is 0 Å². The van der Waals surface area contributed by atoms with Gasteiger partial charge in [0.25, 0.3) is 0 Å². The van der Waals surface area contributed by atoms with Gasteiger partial charge in [-0.3, -0.25) is 0 Å².